The van der Waals surface area contributed by atoms with Gasteiger partial charge in [0.25, 0.3) is 0 Å². The summed E-state index contributed by atoms with van der Waals surface area (Å²) in [5.41, 5.74) is 1.24. The van der Waals surface area contributed by atoms with Gasteiger partial charge in [-0.1, -0.05) is 0 Å². The first kappa shape index (κ1) is 12.0. The lowest BCUT2D eigenvalue weighted by atomic mass is 10.3. The molecule has 0 radical (unpaired) electrons. The van der Waals surface area contributed by atoms with Crippen molar-refractivity contribution in [3.05, 3.63) is 22.3 Å². The molecule has 0 atom stereocenters. The number of hydrogen-bond acceptors (Lipinski definition) is 3. The van der Waals surface area contributed by atoms with Crippen LogP contribution in [0.15, 0.2) is 21.8 Å². The summed E-state index contributed by atoms with van der Waals surface area (Å²) in [5, 5.41) is 1.10. The average molecular weight is 275 g/mol. The zero-order valence-corrected chi connectivity index (χ0v) is 11.2. The fraction of sp³-hybridized carbons (Fsp3) is 0.500. The first-order valence-corrected chi connectivity index (χ1v) is 6.27. The molecule has 0 saturated carbocycles. The largest absolute Gasteiger partial charge is 0.309 e. The van der Waals surface area contributed by atoms with E-state index < -0.39 is 0 Å². The molecule has 0 amide bonds. The molecule has 78 valence electrons. The van der Waals surface area contributed by atoms with E-state index >= 15 is 0 Å². The molecule has 1 aromatic heterocycles. The van der Waals surface area contributed by atoms with Crippen LogP contribution in [0.3, 0.4) is 0 Å². The summed E-state index contributed by atoms with van der Waals surface area (Å²) in [6, 6.07) is 2.12. The van der Waals surface area contributed by atoms with Crippen LogP contribution in [0.4, 0.5) is 0 Å². The Kier molecular flexibility index (Phi) is 4.92. The van der Waals surface area contributed by atoms with Crippen molar-refractivity contribution in [2.75, 3.05) is 26.4 Å². The predicted octanol–water partition coefficient (Wildman–Crippen LogP) is 2.81. The van der Waals surface area contributed by atoms with E-state index in [9.17, 15) is 0 Å². The molecule has 0 saturated heterocycles. The second kappa shape index (κ2) is 5.73. The highest BCUT2D eigenvalue weighted by Gasteiger charge is 1.99. The summed E-state index contributed by atoms with van der Waals surface area (Å²) in [4.78, 5) is 6.51. The Labute approximate surface area is 98.2 Å². The molecule has 0 unspecified atom stereocenters. The summed E-state index contributed by atoms with van der Waals surface area (Å²) in [6.07, 6.45) is 1.87. The van der Waals surface area contributed by atoms with Gasteiger partial charge in [-0.3, -0.25) is 0 Å². The van der Waals surface area contributed by atoms with Crippen molar-refractivity contribution in [1.29, 1.82) is 0 Å². The molecular weight excluding hydrogens is 260 g/mol. The van der Waals surface area contributed by atoms with Crippen molar-refractivity contribution in [3.63, 3.8) is 0 Å². The van der Waals surface area contributed by atoms with Crippen molar-refractivity contribution in [2.24, 2.45) is 0 Å². The highest BCUT2D eigenvalue weighted by atomic mass is 79.9. The number of aryl methyl sites for hydroxylation is 1. The molecule has 4 heteroatoms. The summed E-state index contributed by atoms with van der Waals surface area (Å²) in [5.74, 6) is 1.08. The number of aromatic nitrogens is 1. The maximum atomic E-state index is 4.33. The normalized spacial score (nSPS) is 10.9. The lowest BCUT2D eigenvalue weighted by Crippen LogP contribution is -2.14. The first-order valence-electron chi connectivity index (χ1n) is 4.49. The molecule has 0 bridgehead atoms. The number of nitrogens with zero attached hydrogens (tertiary/aromatic N) is 2. The minimum atomic E-state index is 1.08. The molecule has 0 aliphatic rings. The van der Waals surface area contributed by atoms with Gasteiger partial charge in [0.2, 0.25) is 0 Å². The van der Waals surface area contributed by atoms with E-state index in [2.05, 4.69) is 52.9 Å². The zero-order valence-electron chi connectivity index (χ0n) is 8.75. The molecule has 1 heterocycles. The van der Waals surface area contributed by atoms with Crippen LogP contribution >= 0.6 is 27.7 Å². The van der Waals surface area contributed by atoms with Crippen molar-refractivity contribution in [3.8, 4) is 0 Å². The minimum Gasteiger partial charge on any atom is -0.309 e. The summed E-state index contributed by atoms with van der Waals surface area (Å²) < 4.78 is 1.08. The molecule has 0 aromatic carbocycles. The Balaban J connectivity index is 2.47. The van der Waals surface area contributed by atoms with Crippen LogP contribution in [0.25, 0.3) is 0 Å². The smallest absolute Gasteiger partial charge is 0.0963 e. The number of thioether (sulfide) groups is 1. The van der Waals surface area contributed by atoms with Crippen LogP contribution in [0, 0.1) is 6.92 Å². The maximum absolute atomic E-state index is 4.33. The SMILES string of the molecule is Cc1cc(SCCN(C)C)ncc1Br. The molecule has 1 rings (SSSR count). The molecule has 0 N–H and O–H groups in total. The van der Waals surface area contributed by atoms with Gasteiger partial charge in [-0.2, -0.15) is 0 Å². The number of rotatable bonds is 4. The van der Waals surface area contributed by atoms with Gasteiger partial charge in [-0.25, -0.2) is 4.98 Å². The Bertz CT molecular complexity index is 302. The van der Waals surface area contributed by atoms with E-state index in [4.69, 9.17) is 0 Å². The third kappa shape index (κ3) is 3.98. The summed E-state index contributed by atoms with van der Waals surface area (Å²) in [7, 11) is 4.17. The fourth-order valence-electron chi connectivity index (χ4n) is 0.925. The molecule has 0 aliphatic heterocycles. The fourth-order valence-corrected chi connectivity index (χ4v) is 2.20. The third-order valence-electron chi connectivity index (χ3n) is 1.81. The van der Waals surface area contributed by atoms with Gasteiger partial charge in [0.05, 0.1) is 5.03 Å². The lowest BCUT2D eigenvalue weighted by Gasteiger charge is -2.08. The van der Waals surface area contributed by atoms with Gasteiger partial charge < -0.3 is 4.90 Å². The second-order valence-electron chi connectivity index (χ2n) is 3.42. The quantitative estimate of drug-likeness (QED) is 0.786. The van der Waals surface area contributed by atoms with E-state index in [1.165, 1.54) is 5.56 Å². The molecular formula is C10H15BrN2S. The number of hydrogen-bond donors (Lipinski definition) is 0. The highest BCUT2D eigenvalue weighted by molar-refractivity contribution is 9.10. The van der Waals surface area contributed by atoms with Crippen LogP contribution in [-0.2, 0) is 0 Å². The lowest BCUT2D eigenvalue weighted by molar-refractivity contribution is 0.437. The van der Waals surface area contributed by atoms with E-state index in [0.29, 0.717) is 0 Å². The highest BCUT2D eigenvalue weighted by Crippen LogP contribution is 2.21. The summed E-state index contributed by atoms with van der Waals surface area (Å²) >= 11 is 5.24. The summed E-state index contributed by atoms with van der Waals surface area (Å²) in [6.45, 7) is 3.17. The molecule has 0 aliphatic carbocycles. The van der Waals surface area contributed by atoms with E-state index in [1.807, 2.05) is 6.20 Å². The second-order valence-corrected chi connectivity index (χ2v) is 5.39. The number of pyridine rings is 1. The van der Waals surface area contributed by atoms with E-state index in [1.54, 1.807) is 11.8 Å². The van der Waals surface area contributed by atoms with Gasteiger partial charge in [0.1, 0.15) is 0 Å². The maximum Gasteiger partial charge on any atom is 0.0963 e. The monoisotopic (exact) mass is 274 g/mol. The third-order valence-corrected chi connectivity index (χ3v) is 3.55. The Morgan fingerprint density at radius 3 is 2.79 bits per heavy atom. The van der Waals surface area contributed by atoms with Crippen LogP contribution in [0.2, 0.25) is 0 Å². The van der Waals surface area contributed by atoms with E-state index in [-0.39, 0.29) is 0 Å². The van der Waals surface area contributed by atoms with Crippen LogP contribution in [0.1, 0.15) is 5.56 Å². The van der Waals surface area contributed by atoms with Crippen molar-refractivity contribution in [2.45, 2.75) is 11.9 Å². The molecule has 0 fully saturated rings. The van der Waals surface area contributed by atoms with Gasteiger partial charge >= 0.3 is 0 Å². The topological polar surface area (TPSA) is 16.1 Å². The van der Waals surface area contributed by atoms with E-state index in [0.717, 1.165) is 21.8 Å². The Morgan fingerprint density at radius 1 is 1.50 bits per heavy atom. The number of halogens is 1. The standard InChI is InChI=1S/C10H15BrN2S/c1-8-6-10(12-7-9(8)11)14-5-4-13(2)3/h6-7H,4-5H2,1-3H3. The van der Waals surface area contributed by atoms with Crippen LogP contribution in [-0.4, -0.2) is 36.3 Å². The van der Waals surface area contributed by atoms with Crippen molar-refractivity contribution in [1.82, 2.24) is 9.88 Å². The Morgan fingerprint density at radius 2 is 2.21 bits per heavy atom. The van der Waals surface area contributed by atoms with Crippen molar-refractivity contribution >= 4 is 27.7 Å². The van der Waals surface area contributed by atoms with Crippen LogP contribution < -0.4 is 0 Å². The van der Waals surface area contributed by atoms with Crippen LogP contribution in [0.5, 0.6) is 0 Å². The molecule has 2 nitrogen and oxygen atoms in total. The first-order chi connectivity index (χ1) is 6.59. The predicted molar refractivity (Wildman–Crippen MR) is 66.0 cm³/mol. The van der Waals surface area contributed by atoms with Gasteiger partial charge in [0.15, 0.2) is 0 Å². The average Bonchev–Trinajstić information content (AvgIpc) is 2.10. The zero-order chi connectivity index (χ0) is 10.6. The van der Waals surface area contributed by atoms with Gasteiger partial charge in [0, 0.05) is 23.0 Å². The van der Waals surface area contributed by atoms with Crippen molar-refractivity contribution < 1.29 is 0 Å². The molecule has 14 heavy (non-hydrogen) atoms. The van der Waals surface area contributed by atoms with Gasteiger partial charge in [-0.05, 0) is 48.6 Å². The minimum absolute atomic E-state index is 1.08. The molecule has 0 spiro atoms. The molecule has 1 aromatic rings. The Hall–Kier alpha value is -0.0600. The van der Waals surface area contributed by atoms with Gasteiger partial charge in [-0.15, -0.1) is 11.8 Å².